The van der Waals surface area contributed by atoms with Gasteiger partial charge in [0.25, 0.3) is 0 Å². The number of nitrogens with zero attached hydrogens (tertiary/aromatic N) is 2. The Morgan fingerprint density at radius 3 is 2.57 bits per heavy atom. The van der Waals surface area contributed by atoms with E-state index in [4.69, 9.17) is 4.52 Å². The topological polar surface area (TPSA) is 51.0 Å². The van der Waals surface area contributed by atoms with Gasteiger partial charge in [0.05, 0.1) is 6.54 Å². The minimum Gasteiger partial charge on any atom is -0.376 e. The molecule has 0 unspecified atom stereocenters. The van der Waals surface area contributed by atoms with Crippen LogP contribution in [-0.4, -0.2) is 10.1 Å². The van der Waals surface area contributed by atoms with Gasteiger partial charge in [0.2, 0.25) is 5.89 Å². The minimum absolute atomic E-state index is 0.534. The molecule has 1 aromatic heterocycles. The summed E-state index contributed by atoms with van der Waals surface area (Å²) in [6, 6.07) is 18.3. The fourth-order valence-corrected chi connectivity index (χ4v) is 2.15. The van der Waals surface area contributed by atoms with Crippen LogP contribution in [0.2, 0.25) is 0 Å². The quantitative estimate of drug-likeness (QED) is 0.775. The Labute approximate surface area is 123 Å². The van der Waals surface area contributed by atoms with E-state index >= 15 is 0 Å². The van der Waals surface area contributed by atoms with E-state index < -0.39 is 0 Å². The third kappa shape index (κ3) is 3.48. The van der Waals surface area contributed by atoms with Crippen molar-refractivity contribution in [2.45, 2.75) is 19.9 Å². The fourth-order valence-electron chi connectivity index (χ4n) is 2.15. The van der Waals surface area contributed by atoms with Crippen LogP contribution in [0.4, 0.5) is 5.69 Å². The first kappa shape index (κ1) is 13.4. The summed E-state index contributed by atoms with van der Waals surface area (Å²) in [6.07, 6.45) is 0.689. The summed E-state index contributed by atoms with van der Waals surface area (Å²) in [5.41, 5.74) is 3.46. The maximum Gasteiger partial charge on any atom is 0.245 e. The van der Waals surface area contributed by atoms with Gasteiger partial charge in [-0.05, 0) is 24.1 Å². The zero-order chi connectivity index (χ0) is 14.5. The van der Waals surface area contributed by atoms with Gasteiger partial charge in [0, 0.05) is 12.1 Å². The predicted molar refractivity (Wildman–Crippen MR) is 82.1 cm³/mol. The maximum atomic E-state index is 5.27. The first-order chi connectivity index (χ1) is 10.3. The molecule has 4 nitrogen and oxygen atoms in total. The van der Waals surface area contributed by atoms with Gasteiger partial charge in [-0.25, -0.2) is 0 Å². The highest BCUT2D eigenvalue weighted by Gasteiger charge is 2.07. The molecule has 3 aromatic rings. The molecule has 0 amide bonds. The van der Waals surface area contributed by atoms with E-state index in [1.807, 2.05) is 36.4 Å². The van der Waals surface area contributed by atoms with Gasteiger partial charge < -0.3 is 9.84 Å². The van der Waals surface area contributed by atoms with Gasteiger partial charge in [-0.2, -0.15) is 4.98 Å². The van der Waals surface area contributed by atoms with Gasteiger partial charge in [-0.1, -0.05) is 53.7 Å². The Kier molecular flexibility index (Phi) is 3.96. The molecule has 3 rings (SSSR count). The van der Waals surface area contributed by atoms with Crippen LogP contribution < -0.4 is 5.32 Å². The summed E-state index contributed by atoms with van der Waals surface area (Å²) in [5, 5.41) is 7.33. The Morgan fingerprint density at radius 2 is 1.76 bits per heavy atom. The summed E-state index contributed by atoms with van der Waals surface area (Å²) in [7, 11) is 0. The molecule has 0 aliphatic rings. The van der Waals surface area contributed by atoms with Crippen molar-refractivity contribution >= 4 is 5.69 Å². The lowest BCUT2D eigenvalue weighted by molar-refractivity contribution is 0.378. The molecule has 0 fully saturated rings. The molecule has 0 radical (unpaired) electrons. The summed E-state index contributed by atoms with van der Waals surface area (Å²) in [4.78, 5) is 4.41. The largest absolute Gasteiger partial charge is 0.376 e. The van der Waals surface area contributed by atoms with Crippen LogP contribution >= 0.6 is 0 Å². The number of para-hydroxylation sites is 1. The standard InChI is InChI=1S/C17H17N3O/c1-13-7-5-6-10-15(13)18-12-17-19-16(20-21-17)11-14-8-3-2-4-9-14/h2-10,18H,11-12H2,1H3. The predicted octanol–water partition coefficient (Wildman–Crippen LogP) is 3.58. The molecule has 2 aromatic carbocycles. The van der Waals surface area contributed by atoms with Gasteiger partial charge in [-0.15, -0.1) is 0 Å². The fraction of sp³-hybridized carbons (Fsp3) is 0.176. The van der Waals surface area contributed by atoms with Crippen molar-refractivity contribution in [3.05, 3.63) is 77.4 Å². The Balaban J connectivity index is 1.62. The van der Waals surface area contributed by atoms with Crippen molar-refractivity contribution in [2.24, 2.45) is 0 Å². The minimum atomic E-state index is 0.534. The third-order valence-corrected chi connectivity index (χ3v) is 3.29. The van der Waals surface area contributed by atoms with Crippen molar-refractivity contribution in [3.8, 4) is 0 Å². The molecular formula is C17H17N3O. The second kappa shape index (κ2) is 6.22. The average molecular weight is 279 g/mol. The first-order valence-electron chi connectivity index (χ1n) is 6.96. The number of hydrogen-bond donors (Lipinski definition) is 1. The van der Waals surface area contributed by atoms with Crippen LogP contribution in [0.25, 0.3) is 0 Å². The lowest BCUT2D eigenvalue weighted by atomic mass is 10.1. The highest BCUT2D eigenvalue weighted by molar-refractivity contribution is 5.50. The normalized spacial score (nSPS) is 10.5. The molecule has 106 valence electrons. The molecular weight excluding hydrogens is 262 g/mol. The molecule has 0 aliphatic heterocycles. The lowest BCUT2D eigenvalue weighted by Crippen LogP contribution is -2.01. The van der Waals surface area contributed by atoms with E-state index in [-0.39, 0.29) is 0 Å². The summed E-state index contributed by atoms with van der Waals surface area (Å²) >= 11 is 0. The van der Waals surface area contributed by atoms with Crippen molar-refractivity contribution in [2.75, 3.05) is 5.32 Å². The van der Waals surface area contributed by atoms with Gasteiger partial charge >= 0.3 is 0 Å². The van der Waals surface area contributed by atoms with Crippen molar-refractivity contribution in [1.29, 1.82) is 0 Å². The highest BCUT2D eigenvalue weighted by Crippen LogP contribution is 2.14. The molecule has 4 heteroatoms. The molecule has 1 N–H and O–H groups in total. The Hall–Kier alpha value is -2.62. The van der Waals surface area contributed by atoms with E-state index in [0.717, 1.165) is 5.69 Å². The first-order valence-corrected chi connectivity index (χ1v) is 6.96. The smallest absolute Gasteiger partial charge is 0.245 e. The molecule has 0 bridgehead atoms. The lowest BCUT2D eigenvalue weighted by Gasteiger charge is -2.05. The molecule has 0 spiro atoms. The molecule has 21 heavy (non-hydrogen) atoms. The monoisotopic (exact) mass is 279 g/mol. The van der Waals surface area contributed by atoms with Crippen LogP contribution in [0, 0.1) is 6.92 Å². The van der Waals surface area contributed by atoms with E-state index in [1.54, 1.807) is 0 Å². The SMILES string of the molecule is Cc1ccccc1NCc1nc(Cc2ccccc2)no1. The molecule has 0 aliphatic carbocycles. The molecule has 0 saturated carbocycles. The summed E-state index contributed by atoms with van der Waals surface area (Å²) < 4.78 is 5.27. The zero-order valence-electron chi connectivity index (χ0n) is 11.9. The van der Waals surface area contributed by atoms with Crippen LogP contribution in [0.15, 0.2) is 59.1 Å². The number of aromatic nitrogens is 2. The van der Waals surface area contributed by atoms with Gasteiger partial charge in [0.1, 0.15) is 0 Å². The number of hydrogen-bond acceptors (Lipinski definition) is 4. The van der Waals surface area contributed by atoms with E-state index in [1.165, 1.54) is 11.1 Å². The number of aryl methyl sites for hydroxylation is 1. The Morgan fingerprint density at radius 1 is 1.00 bits per heavy atom. The van der Waals surface area contributed by atoms with Gasteiger partial charge in [-0.3, -0.25) is 0 Å². The van der Waals surface area contributed by atoms with Crippen molar-refractivity contribution in [3.63, 3.8) is 0 Å². The van der Waals surface area contributed by atoms with Crippen LogP contribution in [0.1, 0.15) is 22.8 Å². The number of anilines is 1. The summed E-state index contributed by atoms with van der Waals surface area (Å²) in [5.74, 6) is 1.31. The number of benzene rings is 2. The molecule has 0 saturated heterocycles. The number of nitrogens with one attached hydrogen (secondary N) is 1. The van der Waals surface area contributed by atoms with Crippen LogP contribution in [-0.2, 0) is 13.0 Å². The maximum absolute atomic E-state index is 5.27. The average Bonchev–Trinajstić information content (AvgIpc) is 2.95. The van der Waals surface area contributed by atoms with Crippen molar-refractivity contribution in [1.82, 2.24) is 10.1 Å². The van der Waals surface area contributed by atoms with Gasteiger partial charge in [0.15, 0.2) is 5.82 Å². The highest BCUT2D eigenvalue weighted by atomic mass is 16.5. The van der Waals surface area contributed by atoms with Crippen LogP contribution in [0.5, 0.6) is 0 Å². The Bertz CT molecular complexity index is 707. The second-order valence-electron chi connectivity index (χ2n) is 4.94. The van der Waals surface area contributed by atoms with E-state index in [9.17, 15) is 0 Å². The summed E-state index contributed by atoms with van der Waals surface area (Å²) in [6.45, 7) is 2.60. The second-order valence-corrected chi connectivity index (χ2v) is 4.94. The molecule has 1 heterocycles. The number of rotatable bonds is 5. The molecule has 0 atom stereocenters. The van der Waals surface area contributed by atoms with E-state index in [2.05, 4.69) is 40.6 Å². The third-order valence-electron chi connectivity index (χ3n) is 3.29. The van der Waals surface area contributed by atoms with Crippen LogP contribution in [0.3, 0.4) is 0 Å². The van der Waals surface area contributed by atoms with Crippen molar-refractivity contribution < 1.29 is 4.52 Å². The van der Waals surface area contributed by atoms with E-state index in [0.29, 0.717) is 24.7 Å². The zero-order valence-corrected chi connectivity index (χ0v) is 11.9.